The van der Waals surface area contributed by atoms with Crippen molar-refractivity contribution in [2.24, 2.45) is 0 Å². The van der Waals surface area contributed by atoms with E-state index in [1.165, 1.54) is 18.9 Å². The number of benzene rings is 2. The lowest BCUT2D eigenvalue weighted by atomic mass is 10.1. The zero-order chi connectivity index (χ0) is 17.5. The van der Waals surface area contributed by atoms with E-state index in [2.05, 4.69) is 5.32 Å². The van der Waals surface area contributed by atoms with Gasteiger partial charge in [-0.1, -0.05) is 29.8 Å². The Morgan fingerprint density at radius 1 is 1.21 bits per heavy atom. The van der Waals surface area contributed by atoms with Gasteiger partial charge in [-0.15, -0.1) is 11.8 Å². The number of esters is 1. The minimum Gasteiger partial charge on any atom is -0.465 e. The summed E-state index contributed by atoms with van der Waals surface area (Å²) in [6.45, 7) is 1.87. The first-order valence-electron chi connectivity index (χ1n) is 7.30. The number of thioether (sulfide) groups is 1. The summed E-state index contributed by atoms with van der Waals surface area (Å²) in [5, 5.41) is 3.52. The minimum atomic E-state index is -0.430. The monoisotopic (exact) mass is 363 g/mol. The first-order chi connectivity index (χ1) is 11.5. The van der Waals surface area contributed by atoms with Gasteiger partial charge in [-0.2, -0.15) is 0 Å². The normalized spacial score (nSPS) is 10.3. The van der Waals surface area contributed by atoms with E-state index in [1.807, 2.05) is 31.2 Å². The number of carbonyl (C=O) groups is 2. The van der Waals surface area contributed by atoms with Gasteiger partial charge in [0, 0.05) is 16.5 Å². The Morgan fingerprint density at radius 2 is 2.00 bits per heavy atom. The van der Waals surface area contributed by atoms with Crippen LogP contribution in [-0.2, 0) is 15.3 Å². The summed E-state index contributed by atoms with van der Waals surface area (Å²) < 4.78 is 4.69. The Bertz CT molecular complexity index is 749. The molecule has 2 aromatic rings. The number of hydrogen-bond acceptors (Lipinski definition) is 4. The first kappa shape index (κ1) is 18.4. The zero-order valence-corrected chi connectivity index (χ0v) is 15.0. The van der Waals surface area contributed by atoms with Crippen molar-refractivity contribution in [2.75, 3.05) is 18.2 Å². The lowest BCUT2D eigenvalue weighted by Crippen LogP contribution is -2.15. The van der Waals surface area contributed by atoms with E-state index < -0.39 is 5.97 Å². The molecule has 0 saturated heterocycles. The van der Waals surface area contributed by atoms with E-state index in [4.69, 9.17) is 16.3 Å². The third-order valence-corrected chi connectivity index (χ3v) is 4.56. The SMILES string of the molecule is COC(=O)c1ccc(C)c(NC(=O)CSCc2cccc(Cl)c2)c1. The fourth-order valence-electron chi connectivity index (χ4n) is 2.08. The number of anilines is 1. The highest BCUT2D eigenvalue weighted by Crippen LogP contribution is 2.19. The highest BCUT2D eigenvalue weighted by atomic mass is 35.5. The third kappa shape index (κ3) is 5.28. The van der Waals surface area contributed by atoms with Crippen LogP contribution in [0.1, 0.15) is 21.5 Å². The van der Waals surface area contributed by atoms with Crippen LogP contribution in [-0.4, -0.2) is 24.7 Å². The number of hydrogen-bond donors (Lipinski definition) is 1. The fourth-order valence-corrected chi connectivity index (χ4v) is 3.06. The van der Waals surface area contributed by atoms with Crippen molar-refractivity contribution in [3.05, 3.63) is 64.2 Å². The van der Waals surface area contributed by atoms with Gasteiger partial charge in [-0.3, -0.25) is 4.79 Å². The zero-order valence-electron chi connectivity index (χ0n) is 13.5. The molecule has 2 aromatic carbocycles. The largest absolute Gasteiger partial charge is 0.465 e. The maximum absolute atomic E-state index is 12.1. The van der Waals surface area contributed by atoms with Crippen molar-refractivity contribution in [3.8, 4) is 0 Å². The summed E-state index contributed by atoms with van der Waals surface area (Å²) in [6.07, 6.45) is 0. The molecule has 0 unspecified atom stereocenters. The highest BCUT2D eigenvalue weighted by Gasteiger charge is 2.10. The number of ether oxygens (including phenoxy) is 1. The molecular formula is C18H18ClNO3S. The number of amides is 1. The average Bonchev–Trinajstić information content (AvgIpc) is 2.56. The molecule has 0 saturated carbocycles. The Balaban J connectivity index is 1.91. The van der Waals surface area contributed by atoms with Gasteiger partial charge in [0.15, 0.2) is 0 Å². The van der Waals surface area contributed by atoms with E-state index in [0.717, 1.165) is 11.1 Å². The van der Waals surface area contributed by atoms with Crippen molar-refractivity contribution in [1.82, 2.24) is 0 Å². The molecule has 1 amide bonds. The molecule has 0 radical (unpaired) electrons. The molecule has 0 spiro atoms. The number of aryl methyl sites for hydroxylation is 1. The van der Waals surface area contributed by atoms with Gasteiger partial charge < -0.3 is 10.1 Å². The molecule has 0 aliphatic carbocycles. The van der Waals surface area contributed by atoms with Crippen LogP contribution in [0.2, 0.25) is 5.02 Å². The van der Waals surface area contributed by atoms with Crippen LogP contribution in [0.25, 0.3) is 0 Å². The molecule has 24 heavy (non-hydrogen) atoms. The van der Waals surface area contributed by atoms with E-state index in [1.54, 1.807) is 18.2 Å². The molecule has 0 aliphatic heterocycles. The van der Waals surface area contributed by atoms with Crippen molar-refractivity contribution >= 4 is 40.9 Å². The van der Waals surface area contributed by atoms with Gasteiger partial charge >= 0.3 is 5.97 Å². The van der Waals surface area contributed by atoms with E-state index in [-0.39, 0.29) is 5.91 Å². The van der Waals surface area contributed by atoms with E-state index >= 15 is 0 Å². The first-order valence-corrected chi connectivity index (χ1v) is 8.84. The predicted molar refractivity (Wildman–Crippen MR) is 98.8 cm³/mol. The molecule has 0 aliphatic rings. The smallest absolute Gasteiger partial charge is 0.337 e. The lowest BCUT2D eigenvalue weighted by Gasteiger charge is -2.10. The number of rotatable bonds is 6. The van der Waals surface area contributed by atoms with Gasteiger partial charge in [0.2, 0.25) is 5.91 Å². The van der Waals surface area contributed by atoms with Crippen molar-refractivity contribution < 1.29 is 14.3 Å². The van der Waals surface area contributed by atoms with Crippen molar-refractivity contribution in [1.29, 1.82) is 0 Å². The molecule has 1 N–H and O–H groups in total. The van der Waals surface area contributed by atoms with E-state index in [9.17, 15) is 9.59 Å². The van der Waals surface area contributed by atoms with Crippen LogP contribution in [0, 0.1) is 6.92 Å². The van der Waals surface area contributed by atoms with E-state index in [0.29, 0.717) is 27.8 Å². The van der Waals surface area contributed by atoms with Gasteiger partial charge in [0.1, 0.15) is 0 Å². The lowest BCUT2D eigenvalue weighted by molar-refractivity contribution is -0.113. The predicted octanol–water partition coefficient (Wildman–Crippen LogP) is 4.31. The molecular weight excluding hydrogens is 346 g/mol. The van der Waals surface area contributed by atoms with Crippen LogP contribution in [0.3, 0.4) is 0 Å². The van der Waals surface area contributed by atoms with Gasteiger partial charge in [0.25, 0.3) is 0 Å². The van der Waals surface area contributed by atoms with Crippen LogP contribution >= 0.6 is 23.4 Å². The molecule has 0 fully saturated rings. The molecule has 0 bridgehead atoms. The number of methoxy groups -OCH3 is 1. The topological polar surface area (TPSA) is 55.4 Å². The Kier molecular flexibility index (Phi) is 6.70. The van der Waals surface area contributed by atoms with Gasteiger partial charge in [0.05, 0.1) is 18.4 Å². The molecule has 0 aromatic heterocycles. The summed E-state index contributed by atoms with van der Waals surface area (Å²) in [4.78, 5) is 23.7. The second-order valence-corrected chi connectivity index (χ2v) is 6.61. The Morgan fingerprint density at radius 3 is 2.71 bits per heavy atom. The number of carbonyl (C=O) groups excluding carboxylic acids is 2. The van der Waals surface area contributed by atoms with Crippen LogP contribution in [0.5, 0.6) is 0 Å². The molecule has 126 valence electrons. The van der Waals surface area contributed by atoms with Gasteiger partial charge in [-0.25, -0.2) is 4.79 Å². The fraction of sp³-hybridized carbons (Fsp3) is 0.222. The molecule has 2 rings (SSSR count). The Hall–Kier alpha value is -1.98. The number of halogens is 1. The van der Waals surface area contributed by atoms with Crippen molar-refractivity contribution in [3.63, 3.8) is 0 Å². The Labute approximate surface area is 150 Å². The standard InChI is InChI=1S/C18H18ClNO3S/c1-12-6-7-14(18(22)23-2)9-16(12)20-17(21)11-24-10-13-4-3-5-15(19)8-13/h3-9H,10-11H2,1-2H3,(H,20,21). The summed E-state index contributed by atoms with van der Waals surface area (Å²) in [5.41, 5.74) is 2.98. The maximum Gasteiger partial charge on any atom is 0.337 e. The molecule has 0 heterocycles. The second-order valence-electron chi connectivity index (χ2n) is 5.19. The molecule has 6 heteroatoms. The summed E-state index contributed by atoms with van der Waals surface area (Å²) in [7, 11) is 1.33. The number of nitrogens with one attached hydrogen (secondary N) is 1. The highest BCUT2D eigenvalue weighted by molar-refractivity contribution is 7.99. The summed E-state index contributed by atoms with van der Waals surface area (Å²) in [6, 6.07) is 12.6. The third-order valence-electron chi connectivity index (χ3n) is 3.32. The average molecular weight is 364 g/mol. The summed E-state index contributed by atoms with van der Waals surface area (Å²) >= 11 is 7.44. The van der Waals surface area contributed by atoms with Crippen molar-refractivity contribution in [2.45, 2.75) is 12.7 Å². The molecule has 0 atom stereocenters. The van der Waals surface area contributed by atoms with Crippen LogP contribution in [0.4, 0.5) is 5.69 Å². The molecule has 4 nitrogen and oxygen atoms in total. The minimum absolute atomic E-state index is 0.118. The van der Waals surface area contributed by atoms with Crippen LogP contribution in [0.15, 0.2) is 42.5 Å². The summed E-state index contributed by atoms with van der Waals surface area (Å²) in [5.74, 6) is 0.469. The van der Waals surface area contributed by atoms with Gasteiger partial charge in [-0.05, 0) is 42.3 Å². The quantitative estimate of drug-likeness (QED) is 0.777. The second kappa shape index (κ2) is 8.76. The van der Waals surface area contributed by atoms with Crippen LogP contribution < -0.4 is 5.32 Å². The maximum atomic E-state index is 12.1.